The van der Waals surface area contributed by atoms with Gasteiger partial charge in [0.15, 0.2) is 0 Å². The molecule has 0 aliphatic heterocycles. The predicted octanol–water partition coefficient (Wildman–Crippen LogP) is 0.869. The summed E-state index contributed by atoms with van der Waals surface area (Å²) in [6, 6.07) is 4.52. The summed E-state index contributed by atoms with van der Waals surface area (Å²) < 4.78 is 24.4. The number of carbonyl (C=O) groups excluding carboxylic acids is 1. The fraction of sp³-hybridized carbons (Fsp3) is 0.300. The van der Waals surface area contributed by atoms with E-state index in [9.17, 15) is 13.2 Å². The van der Waals surface area contributed by atoms with Gasteiger partial charge in [-0.05, 0) is 25.2 Å². The Hall–Kier alpha value is -1.31. The van der Waals surface area contributed by atoms with Crippen molar-refractivity contribution in [3.8, 4) is 0 Å². The largest absolute Gasteiger partial charge is 0.325 e. The van der Waals surface area contributed by atoms with Crippen molar-refractivity contribution in [2.75, 3.05) is 29.9 Å². The SMILES string of the molecule is CNCC(=O)Nc1ccc(NS(C)(=O)=O)c(Cl)c1. The minimum Gasteiger partial charge on any atom is -0.325 e. The van der Waals surface area contributed by atoms with Gasteiger partial charge < -0.3 is 10.6 Å². The molecule has 1 rings (SSSR count). The molecule has 0 spiro atoms. The molecule has 0 atom stereocenters. The number of sulfonamides is 1. The van der Waals surface area contributed by atoms with E-state index in [0.29, 0.717) is 5.69 Å². The molecule has 8 heteroatoms. The zero-order valence-electron chi connectivity index (χ0n) is 9.95. The normalized spacial score (nSPS) is 11.1. The van der Waals surface area contributed by atoms with Crippen LogP contribution in [0.25, 0.3) is 0 Å². The summed E-state index contributed by atoms with van der Waals surface area (Å²) in [5, 5.41) is 5.53. The molecule has 0 unspecified atom stereocenters. The summed E-state index contributed by atoms with van der Waals surface area (Å²) in [5.74, 6) is -0.211. The van der Waals surface area contributed by atoms with Gasteiger partial charge >= 0.3 is 0 Å². The van der Waals surface area contributed by atoms with Crippen LogP contribution >= 0.6 is 11.6 Å². The molecular formula is C10H14ClN3O3S. The zero-order valence-corrected chi connectivity index (χ0v) is 11.5. The van der Waals surface area contributed by atoms with E-state index in [1.165, 1.54) is 12.1 Å². The van der Waals surface area contributed by atoms with Crippen molar-refractivity contribution in [3.63, 3.8) is 0 Å². The summed E-state index contributed by atoms with van der Waals surface area (Å²) in [5.41, 5.74) is 0.769. The summed E-state index contributed by atoms with van der Waals surface area (Å²) >= 11 is 5.90. The van der Waals surface area contributed by atoms with Gasteiger partial charge in [0.05, 0.1) is 23.5 Å². The fourth-order valence-electron chi connectivity index (χ4n) is 1.24. The van der Waals surface area contributed by atoms with Gasteiger partial charge in [0.1, 0.15) is 0 Å². The first-order valence-electron chi connectivity index (χ1n) is 5.03. The molecule has 0 aliphatic carbocycles. The van der Waals surface area contributed by atoms with Crippen LogP contribution in [0, 0.1) is 0 Å². The number of nitrogens with one attached hydrogen (secondary N) is 3. The lowest BCUT2D eigenvalue weighted by atomic mass is 10.3. The van der Waals surface area contributed by atoms with Crippen LogP contribution in [0.15, 0.2) is 18.2 Å². The molecule has 0 saturated carbocycles. The summed E-state index contributed by atoms with van der Waals surface area (Å²) in [6.07, 6.45) is 1.03. The predicted molar refractivity (Wildman–Crippen MR) is 72.5 cm³/mol. The quantitative estimate of drug-likeness (QED) is 0.751. The molecule has 0 aromatic heterocycles. The van der Waals surface area contributed by atoms with Crippen LogP contribution < -0.4 is 15.4 Å². The van der Waals surface area contributed by atoms with E-state index in [4.69, 9.17) is 11.6 Å². The molecule has 0 heterocycles. The average molecular weight is 292 g/mol. The second-order valence-corrected chi connectivity index (χ2v) is 5.80. The lowest BCUT2D eigenvalue weighted by Gasteiger charge is -2.09. The van der Waals surface area contributed by atoms with Crippen molar-refractivity contribution in [2.24, 2.45) is 0 Å². The third-order valence-electron chi connectivity index (χ3n) is 1.89. The van der Waals surface area contributed by atoms with Crippen molar-refractivity contribution in [3.05, 3.63) is 23.2 Å². The Bertz CT molecular complexity index is 545. The summed E-state index contributed by atoms with van der Waals surface area (Å²) in [6.45, 7) is 0.182. The maximum atomic E-state index is 11.3. The molecule has 6 nitrogen and oxygen atoms in total. The Labute approximate surface area is 111 Å². The van der Waals surface area contributed by atoms with Crippen molar-refractivity contribution in [1.29, 1.82) is 0 Å². The number of amides is 1. The smallest absolute Gasteiger partial charge is 0.238 e. The minimum atomic E-state index is -3.38. The number of benzene rings is 1. The van der Waals surface area contributed by atoms with E-state index in [1.54, 1.807) is 13.1 Å². The Kier molecular flexibility index (Phi) is 4.94. The van der Waals surface area contributed by atoms with Gasteiger partial charge in [-0.3, -0.25) is 9.52 Å². The van der Waals surface area contributed by atoms with Crippen LogP contribution in [0.4, 0.5) is 11.4 Å². The highest BCUT2D eigenvalue weighted by molar-refractivity contribution is 7.92. The summed E-state index contributed by atoms with van der Waals surface area (Å²) in [4.78, 5) is 11.3. The van der Waals surface area contributed by atoms with Crippen molar-refractivity contribution in [1.82, 2.24) is 5.32 Å². The van der Waals surface area contributed by atoms with Gasteiger partial charge in [0.25, 0.3) is 0 Å². The molecule has 0 aliphatic rings. The molecule has 0 radical (unpaired) electrons. The molecule has 1 aromatic rings. The first-order valence-corrected chi connectivity index (χ1v) is 7.30. The number of likely N-dealkylation sites (N-methyl/N-ethyl adjacent to an activating group) is 1. The molecular weight excluding hydrogens is 278 g/mol. The van der Waals surface area contributed by atoms with Crippen LogP contribution in [-0.4, -0.2) is 34.2 Å². The lowest BCUT2D eigenvalue weighted by molar-refractivity contribution is -0.115. The molecule has 1 amide bonds. The Morgan fingerprint density at radius 3 is 2.56 bits per heavy atom. The number of carbonyl (C=O) groups is 1. The van der Waals surface area contributed by atoms with E-state index in [2.05, 4.69) is 15.4 Å². The van der Waals surface area contributed by atoms with Gasteiger partial charge in [-0.15, -0.1) is 0 Å². The highest BCUT2D eigenvalue weighted by Gasteiger charge is 2.08. The van der Waals surface area contributed by atoms with Gasteiger partial charge in [-0.1, -0.05) is 11.6 Å². The topological polar surface area (TPSA) is 87.3 Å². The van der Waals surface area contributed by atoms with Gasteiger partial charge in [0, 0.05) is 5.69 Å². The first kappa shape index (κ1) is 14.7. The van der Waals surface area contributed by atoms with Crippen LogP contribution in [0.1, 0.15) is 0 Å². The standard InChI is InChI=1S/C10H14ClN3O3S/c1-12-6-10(15)13-7-3-4-9(8(11)5-7)14-18(2,16)17/h3-5,12,14H,6H2,1-2H3,(H,13,15). The fourth-order valence-corrected chi connectivity index (χ4v) is 2.10. The molecule has 0 bridgehead atoms. The van der Waals surface area contributed by atoms with Crippen LogP contribution in [0.5, 0.6) is 0 Å². The third kappa shape index (κ3) is 4.91. The average Bonchev–Trinajstić information content (AvgIpc) is 2.21. The second kappa shape index (κ2) is 6.03. The second-order valence-electron chi connectivity index (χ2n) is 3.65. The third-order valence-corrected chi connectivity index (χ3v) is 2.79. The van der Waals surface area contributed by atoms with Gasteiger partial charge in [0.2, 0.25) is 15.9 Å². The highest BCUT2D eigenvalue weighted by atomic mass is 35.5. The number of hydrogen-bond donors (Lipinski definition) is 3. The van der Waals surface area contributed by atoms with Crippen LogP contribution in [-0.2, 0) is 14.8 Å². The highest BCUT2D eigenvalue weighted by Crippen LogP contribution is 2.26. The Balaban J connectivity index is 2.83. The summed E-state index contributed by atoms with van der Waals surface area (Å²) in [7, 11) is -1.72. The van der Waals surface area contributed by atoms with Gasteiger partial charge in [-0.2, -0.15) is 0 Å². The molecule has 100 valence electrons. The first-order chi connectivity index (χ1) is 8.31. The van der Waals surface area contributed by atoms with Crippen molar-refractivity contribution in [2.45, 2.75) is 0 Å². The number of hydrogen-bond acceptors (Lipinski definition) is 4. The molecule has 3 N–H and O–H groups in total. The lowest BCUT2D eigenvalue weighted by Crippen LogP contribution is -2.25. The molecule has 0 fully saturated rings. The maximum absolute atomic E-state index is 11.3. The number of rotatable bonds is 5. The number of halogens is 1. The van der Waals surface area contributed by atoms with E-state index in [0.717, 1.165) is 6.26 Å². The van der Waals surface area contributed by atoms with Gasteiger partial charge in [-0.25, -0.2) is 8.42 Å². The number of anilines is 2. The molecule has 18 heavy (non-hydrogen) atoms. The van der Waals surface area contributed by atoms with Crippen molar-refractivity contribution < 1.29 is 13.2 Å². The van der Waals surface area contributed by atoms with Crippen LogP contribution in [0.2, 0.25) is 5.02 Å². The van der Waals surface area contributed by atoms with Crippen molar-refractivity contribution >= 4 is 38.9 Å². The van der Waals surface area contributed by atoms with Crippen LogP contribution in [0.3, 0.4) is 0 Å². The van der Waals surface area contributed by atoms with E-state index in [1.807, 2.05) is 0 Å². The van der Waals surface area contributed by atoms with E-state index in [-0.39, 0.29) is 23.2 Å². The molecule has 0 saturated heterocycles. The maximum Gasteiger partial charge on any atom is 0.238 e. The van der Waals surface area contributed by atoms with E-state index < -0.39 is 10.0 Å². The molecule has 1 aromatic carbocycles. The monoisotopic (exact) mass is 291 g/mol. The Morgan fingerprint density at radius 1 is 1.39 bits per heavy atom. The van der Waals surface area contributed by atoms with E-state index >= 15 is 0 Å². The zero-order chi connectivity index (χ0) is 13.8. The Morgan fingerprint density at radius 2 is 2.06 bits per heavy atom. The minimum absolute atomic E-state index is 0.182.